The highest BCUT2D eigenvalue weighted by Crippen LogP contribution is 2.28. The second-order valence-corrected chi connectivity index (χ2v) is 4.56. The van der Waals surface area contributed by atoms with E-state index >= 15 is 0 Å². The van der Waals surface area contributed by atoms with Crippen molar-refractivity contribution in [3.63, 3.8) is 0 Å². The van der Waals surface area contributed by atoms with E-state index in [2.05, 4.69) is 18.7 Å². The van der Waals surface area contributed by atoms with E-state index in [1.165, 1.54) is 19.3 Å². The topological polar surface area (TPSA) is 29.5 Å². The van der Waals surface area contributed by atoms with Crippen LogP contribution in [0.25, 0.3) is 0 Å². The van der Waals surface area contributed by atoms with Gasteiger partial charge in [0, 0.05) is 6.54 Å². The van der Waals surface area contributed by atoms with Gasteiger partial charge in [0.1, 0.15) is 6.04 Å². The third kappa shape index (κ3) is 3.48. The average molecular weight is 227 g/mol. The van der Waals surface area contributed by atoms with E-state index in [1.54, 1.807) is 0 Å². The summed E-state index contributed by atoms with van der Waals surface area (Å²) in [5.41, 5.74) is 0. The Hall–Kier alpha value is -0.570. The Labute approximate surface area is 99.1 Å². The van der Waals surface area contributed by atoms with Crippen LogP contribution in [0.4, 0.5) is 0 Å². The normalized spacial score (nSPS) is 18.2. The molecule has 0 amide bonds. The Bertz CT molecular complexity index is 214. The number of hydrogen-bond acceptors (Lipinski definition) is 3. The Kier molecular flexibility index (Phi) is 5.81. The van der Waals surface area contributed by atoms with Crippen molar-refractivity contribution in [1.29, 1.82) is 0 Å². The largest absolute Gasteiger partial charge is 0.465 e. The molecule has 0 aromatic heterocycles. The fourth-order valence-corrected chi connectivity index (χ4v) is 2.30. The van der Waals surface area contributed by atoms with Gasteiger partial charge < -0.3 is 4.74 Å². The van der Waals surface area contributed by atoms with E-state index in [1.807, 2.05) is 6.92 Å². The highest BCUT2D eigenvalue weighted by Gasteiger charge is 2.28. The predicted octanol–water partition coefficient (Wildman–Crippen LogP) is 2.45. The van der Waals surface area contributed by atoms with E-state index in [-0.39, 0.29) is 12.0 Å². The predicted molar refractivity (Wildman–Crippen MR) is 65.3 cm³/mol. The van der Waals surface area contributed by atoms with Crippen LogP contribution in [-0.2, 0) is 9.53 Å². The molecular weight excluding hydrogens is 202 g/mol. The second-order valence-electron chi connectivity index (χ2n) is 4.56. The molecule has 1 fully saturated rings. The van der Waals surface area contributed by atoms with Crippen LogP contribution in [0.1, 0.15) is 46.5 Å². The first-order valence-electron chi connectivity index (χ1n) is 6.63. The van der Waals surface area contributed by atoms with Gasteiger partial charge in [-0.3, -0.25) is 9.69 Å². The summed E-state index contributed by atoms with van der Waals surface area (Å²) in [7, 11) is 0. The molecule has 1 rings (SSSR count). The number of nitrogens with zero attached hydrogens (tertiary/aromatic N) is 1. The number of ether oxygens (including phenoxy) is 1. The van der Waals surface area contributed by atoms with Crippen molar-refractivity contribution < 1.29 is 9.53 Å². The van der Waals surface area contributed by atoms with Crippen LogP contribution in [0.5, 0.6) is 0 Å². The Morgan fingerprint density at radius 1 is 1.38 bits per heavy atom. The summed E-state index contributed by atoms with van der Waals surface area (Å²) in [4.78, 5) is 14.1. The minimum absolute atomic E-state index is 0.0365. The van der Waals surface area contributed by atoms with Crippen molar-refractivity contribution in [2.24, 2.45) is 5.92 Å². The minimum atomic E-state index is -0.0498. The van der Waals surface area contributed by atoms with Crippen molar-refractivity contribution in [3.05, 3.63) is 0 Å². The molecule has 1 unspecified atom stereocenters. The zero-order valence-corrected chi connectivity index (χ0v) is 10.9. The van der Waals surface area contributed by atoms with Gasteiger partial charge in [0.05, 0.1) is 6.61 Å². The highest BCUT2D eigenvalue weighted by molar-refractivity contribution is 5.75. The van der Waals surface area contributed by atoms with Gasteiger partial charge in [-0.2, -0.15) is 0 Å². The van der Waals surface area contributed by atoms with E-state index in [4.69, 9.17) is 4.74 Å². The fraction of sp³-hybridized carbons (Fsp3) is 0.923. The van der Waals surface area contributed by atoms with Gasteiger partial charge in [-0.05, 0) is 38.6 Å². The quantitative estimate of drug-likeness (QED) is 0.626. The summed E-state index contributed by atoms with van der Waals surface area (Å²) in [5.74, 6) is 0.759. The molecule has 0 heterocycles. The number of carbonyl (C=O) groups excluding carboxylic acids is 1. The van der Waals surface area contributed by atoms with Gasteiger partial charge in [0.25, 0.3) is 0 Å². The summed E-state index contributed by atoms with van der Waals surface area (Å²) in [6.45, 7) is 8.54. The van der Waals surface area contributed by atoms with Crippen molar-refractivity contribution >= 4 is 5.97 Å². The zero-order chi connectivity index (χ0) is 12.0. The van der Waals surface area contributed by atoms with Crippen molar-refractivity contribution in [3.8, 4) is 0 Å². The molecule has 1 atom stereocenters. The molecule has 0 N–H and O–H groups in total. The lowest BCUT2D eigenvalue weighted by Crippen LogP contribution is -2.45. The van der Waals surface area contributed by atoms with Crippen LogP contribution >= 0.6 is 0 Å². The summed E-state index contributed by atoms with van der Waals surface area (Å²) in [6.07, 6.45) is 4.86. The SMILES string of the molecule is CCOC(=O)C(CC)N(CC)CC1CCC1. The zero-order valence-electron chi connectivity index (χ0n) is 10.9. The molecule has 1 saturated carbocycles. The maximum absolute atomic E-state index is 11.8. The van der Waals surface area contributed by atoms with Crippen LogP contribution in [0.15, 0.2) is 0 Å². The fourth-order valence-electron chi connectivity index (χ4n) is 2.30. The third-order valence-corrected chi connectivity index (χ3v) is 3.51. The van der Waals surface area contributed by atoms with Crippen molar-refractivity contribution in [2.45, 2.75) is 52.5 Å². The number of esters is 1. The van der Waals surface area contributed by atoms with E-state index in [9.17, 15) is 4.79 Å². The summed E-state index contributed by atoms with van der Waals surface area (Å²) < 4.78 is 5.13. The molecule has 0 spiro atoms. The van der Waals surface area contributed by atoms with E-state index in [0.29, 0.717) is 6.61 Å². The van der Waals surface area contributed by atoms with Gasteiger partial charge in [-0.25, -0.2) is 0 Å². The number of hydrogen-bond donors (Lipinski definition) is 0. The highest BCUT2D eigenvalue weighted by atomic mass is 16.5. The van der Waals surface area contributed by atoms with Crippen LogP contribution in [0, 0.1) is 5.92 Å². The average Bonchev–Trinajstić information content (AvgIpc) is 2.21. The maximum Gasteiger partial charge on any atom is 0.323 e. The van der Waals surface area contributed by atoms with Crippen LogP contribution in [-0.4, -0.2) is 36.6 Å². The Morgan fingerprint density at radius 2 is 2.06 bits per heavy atom. The molecule has 0 saturated heterocycles. The van der Waals surface area contributed by atoms with Crippen molar-refractivity contribution in [2.75, 3.05) is 19.7 Å². The molecule has 3 nitrogen and oxygen atoms in total. The monoisotopic (exact) mass is 227 g/mol. The first-order chi connectivity index (χ1) is 7.72. The molecule has 0 aromatic rings. The molecule has 0 bridgehead atoms. The summed E-state index contributed by atoms with van der Waals surface area (Å²) >= 11 is 0. The van der Waals surface area contributed by atoms with Crippen LogP contribution in [0.3, 0.4) is 0 Å². The number of rotatable bonds is 7. The smallest absolute Gasteiger partial charge is 0.323 e. The van der Waals surface area contributed by atoms with E-state index in [0.717, 1.165) is 25.4 Å². The lowest BCUT2D eigenvalue weighted by Gasteiger charge is -2.35. The molecule has 0 aromatic carbocycles. The van der Waals surface area contributed by atoms with Gasteiger partial charge in [0.2, 0.25) is 0 Å². The standard InChI is InChI=1S/C13H25NO2/c1-4-12(13(15)16-6-3)14(5-2)10-11-8-7-9-11/h11-12H,4-10H2,1-3H3. The van der Waals surface area contributed by atoms with Crippen LogP contribution in [0.2, 0.25) is 0 Å². The lowest BCUT2D eigenvalue weighted by molar-refractivity contribution is -0.150. The van der Waals surface area contributed by atoms with Gasteiger partial charge in [0.15, 0.2) is 0 Å². The molecule has 0 aliphatic heterocycles. The van der Waals surface area contributed by atoms with Gasteiger partial charge >= 0.3 is 5.97 Å². The Balaban J connectivity index is 2.48. The van der Waals surface area contributed by atoms with E-state index < -0.39 is 0 Å². The Morgan fingerprint density at radius 3 is 2.44 bits per heavy atom. The summed E-state index contributed by atoms with van der Waals surface area (Å²) in [6, 6.07) is -0.0365. The first-order valence-corrected chi connectivity index (χ1v) is 6.63. The molecule has 1 aliphatic rings. The maximum atomic E-state index is 11.8. The third-order valence-electron chi connectivity index (χ3n) is 3.51. The number of likely N-dealkylation sites (N-methyl/N-ethyl adjacent to an activating group) is 1. The molecule has 3 heteroatoms. The summed E-state index contributed by atoms with van der Waals surface area (Å²) in [5, 5.41) is 0. The van der Waals surface area contributed by atoms with Gasteiger partial charge in [-0.1, -0.05) is 20.3 Å². The molecule has 0 radical (unpaired) electrons. The lowest BCUT2D eigenvalue weighted by atomic mass is 9.85. The minimum Gasteiger partial charge on any atom is -0.465 e. The molecular formula is C13H25NO2. The second kappa shape index (κ2) is 6.89. The molecule has 94 valence electrons. The molecule has 1 aliphatic carbocycles. The number of carbonyl (C=O) groups is 1. The first kappa shape index (κ1) is 13.5. The van der Waals surface area contributed by atoms with Crippen molar-refractivity contribution in [1.82, 2.24) is 4.90 Å². The molecule has 16 heavy (non-hydrogen) atoms. The van der Waals surface area contributed by atoms with Gasteiger partial charge in [-0.15, -0.1) is 0 Å². The van der Waals surface area contributed by atoms with Crippen LogP contribution < -0.4 is 0 Å².